The minimum Gasteiger partial charge on any atom is -0.497 e. The molecular weight excluding hydrogens is 336 g/mol. The molecule has 0 aliphatic rings. The van der Waals surface area contributed by atoms with E-state index in [0.717, 1.165) is 0 Å². The fraction of sp³-hybridized carbons (Fsp3) is 0.200. The van der Waals surface area contributed by atoms with Gasteiger partial charge in [0.25, 0.3) is 0 Å². The molecule has 0 unspecified atom stereocenters. The second-order valence-electron chi connectivity index (χ2n) is 5.94. The van der Waals surface area contributed by atoms with E-state index < -0.39 is 0 Å². The summed E-state index contributed by atoms with van der Waals surface area (Å²) in [7, 11) is 1.55. The minimum absolute atomic E-state index is 0.0534. The van der Waals surface area contributed by atoms with Crippen LogP contribution in [-0.2, 0) is 4.79 Å². The van der Waals surface area contributed by atoms with Crippen molar-refractivity contribution >= 4 is 16.9 Å². The third kappa shape index (κ3) is 3.69. The molecule has 0 N–H and O–H groups in total. The smallest absolute Gasteiger partial charge is 0.313 e. The number of rotatable bonds is 5. The number of benzene rings is 2. The molecule has 0 aliphatic carbocycles. The van der Waals surface area contributed by atoms with Crippen molar-refractivity contribution in [3.63, 3.8) is 0 Å². The molecule has 6 nitrogen and oxygen atoms in total. The van der Waals surface area contributed by atoms with Crippen molar-refractivity contribution in [2.45, 2.75) is 13.8 Å². The maximum absolute atomic E-state index is 12.6. The lowest BCUT2D eigenvalue weighted by Gasteiger charge is -2.09. The second-order valence-corrected chi connectivity index (χ2v) is 5.94. The van der Waals surface area contributed by atoms with Gasteiger partial charge in [0, 0.05) is 12.1 Å². The van der Waals surface area contributed by atoms with Crippen molar-refractivity contribution in [1.29, 1.82) is 0 Å². The number of fused-ring (bicyclic) bond motifs is 1. The molecule has 3 aromatic rings. The Morgan fingerprint density at radius 3 is 2.54 bits per heavy atom. The van der Waals surface area contributed by atoms with Gasteiger partial charge < -0.3 is 18.6 Å². The van der Waals surface area contributed by atoms with E-state index in [1.165, 1.54) is 12.3 Å². The van der Waals surface area contributed by atoms with E-state index in [4.69, 9.17) is 18.6 Å². The SMILES string of the molecule is COc1cccc(Oc2coc3cc(OC(=O)C(C)C)ccc3c2=O)c1. The van der Waals surface area contributed by atoms with Crippen molar-refractivity contribution in [2.24, 2.45) is 5.92 Å². The maximum atomic E-state index is 12.6. The lowest BCUT2D eigenvalue weighted by atomic mass is 10.2. The summed E-state index contributed by atoms with van der Waals surface area (Å²) in [6, 6.07) is 11.5. The average molecular weight is 354 g/mol. The van der Waals surface area contributed by atoms with Gasteiger partial charge in [0.05, 0.1) is 18.4 Å². The Hall–Kier alpha value is -3.28. The Bertz CT molecular complexity index is 1000. The molecule has 26 heavy (non-hydrogen) atoms. The molecule has 0 saturated heterocycles. The van der Waals surface area contributed by atoms with Gasteiger partial charge in [-0.1, -0.05) is 19.9 Å². The predicted molar refractivity (Wildman–Crippen MR) is 96.0 cm³/mol. The summed E-state index contributed by atoms with van der Waals surface area (Å²) in [5, 5.41) is 0.328. The van der Waals surface area contributed by atoms with Crippen molar-refractivity contribution in [1.82, 2.24) is 0 Å². The first-order valence-corrected chi connectivity index (χ1v) is 8.07. The van der Waals surface area contributed by atoms with E-state index >= 15 is 0 Å². The van der Waals surface area contributed by atoms with Crippen molar-refractivity contribution < 1.29 is 23.4 Å². The average Bonchev–Trinajstić information content (AvgIpc) is 2.64. The molecule has 0 bridgehead atoms. The molecular formula is C20H18O6. The lowest BCUT2D eigenvalue weighted by Crippen LogP contribution is -2.14. The van der Waals surface area contributed by atoms with E-state index in [1.807, 2.05) is 0 Å². The van der Waals surface area contributed by atoms with E-state index in [0.29, 0.717) is 28.2 Å². The van der Waals surface area contributed by atoms with Crippen molar-refractivity contribution in [3.05, 3.63) is 59.0 Å². The molecule has 3 rings (SSSR count). The Labute approximate surface area is 149 Å². The van der Waals surface area contributed by atoms with Gasteiger partial charge in [-0.05, 0) is 24.3 Å². The predicted octanol–water partition coefficient (Wildman–Crippen LogP) is 4.16. The molecule has 134 valence electrons. The zero-order valence-electron chi connectivity index (χ0n) is 14.6. The molecule has 0 aliphatic heterocycles. The minimum atomic E-state index is -0.357. The molecule has 6 heteroatoms. The monoisotopic (exact) mass is 354 g/mol. The molecule has 1 heterocycles. The van der Waals surface area contributed by atoms with Crippen LogP contribution in [0.4, 0.5) is 0 Å². The molecule has 0 amide bonds. The summed E-state index contributed by atoms with van der Waals surface area (Å²) in [6.45, 7) is 3.48. The van der Waals surface area contributed by atoms with Gasteiger partial charge in [0.2, 0.25) is 11.2 Å². The van der Waals surface area contributed by atoms with Crippen molar-refractivity contribution in [2.75, 3.05) is 7.11 Å². The first-order valence-electron chi connectivity index (χ1n) is 8.07. The maximum Gasteiger partial charge on any atom is 0.313 e. The van der Waals surface area contributed by atoms with E-state index in [9.17, 15) is 9.59 Å². The standard InChI is InChI=1S/C20H18O6/c1-12(2)20(22)26-15-7-8-16-17(10-15)24-11-18(19(16)21)25-14-6-4-5-13(9-14)23-3/h4-12H,1-3H3. The number of hydrogen-bond donors (Lipinski definition) is 0. The van der Waals surface area contributed by atoms with Gasteiger partial charge in [0.15, 0.2) is 0 Å². The van der Waals surface area contributed by atoms with Gasteiger partial charge >= 0.3 is 5.97 Å². The van der Waals surface area contributed by atoms with Gasteiger partial charge in [0.1, 0.15) is 29.1 Å². The van der Waals surface area contributed by atoms with Crippen LogP contribution in [0.15, 0.2) is 57.9 Å². The van der Waals surface area contributed by atoms with E-state index in [1.54, 1.807) is 57.4 Å². The topological polar surface area (TPSA) is 75.0 Å². The number of hydrogen-bond acceptors (Lipinski definition) is 6. The summed E-state index contributed by atoms with van der Waals surface area (Å²) in [4.78, 5) is 24.3. The fourth-order valence-corrected chi connectivity index (χ4v) is 2.25. The van der Waals surface area contributed by atoms with Gasteiger partial charge in [-0.2, -0.15) is 0 Å². The fourth-order valence-electron chi connectivity index (χ4n) is 2.25. The van der Waals surface area contributed by atoms with Crippen LogP contribution in [0.2, 0.25) is 0 Å². The molecule has 0 saturated carbocycles. The second kappa shape index (κ2) is 7.31. The first kappa shape index (κ1) is 17.5. The summed E-state index contributed by atoms with van der Waals surface area (Å²) >= 11 is 0. The van der Waals surface area contributed by atoms with Crippen molar-refractivity contribution in [3.8, 4) is 23.0 Å². The number of carbonyl (C=O) groups excluding carboxylic acids is 1. The van der Waals surface area contributed by atoms with Crippen LogP contribution in [0.25, 0.3) is 11.0 Å². The third-order valence-corrected chi connectivity index (χ3v) is 3.67. The molecule has 0 radical (unpaired) electrons. The normalized spacial score (nSPS) is 10.8. The van der Waals surface area contributed by atoms with Crippen LogP contribution < -0.4 is 19.6 Å². The highest BCUT2D eigenvalue weighted by Gasteiger charge is 2.13. The highest BCUT2D eigenvalue weighted by Crippen LogP contribution is 2.26. The van der Waals surface area contributed by atoms with Crippen LogP contribution in [0, 0.1) is 5.92 Å². The Kier molecular flexibility index (Phi) is 4.93. The Morgan fingerprint density at radius 1 is 1.04 bits per heavy atom. The van der Waals surface area contributed by atoms with Crippen LogP contribution in [0.1, 0.15) is 13.8 Å². The number of carbonyl (C=O) groups is 1. The van der Waals surface area contributed by atoms with Crippen LogP contribution >= 0.6 is 0 Å². The highest BCUT2D eigenvalue weighted by molar-refractivity contribution is 5.81. The lowest BCUT2D eigenvalue weighted by molar-refractivity contribution is -0.137. The summed E-state index contributed by atoms with van der Waals surface area (Å²) in [5.41, 5.74) is -0.0159. The summed E-state index contributed by atoms with van der Waals surface area (Å²) < 4.78 is 21.5. The number of esters is 1. The number of methoxy groups -OCH3 is 1. The van der Waals surface area contributed by atoms with Crippen LogP contribution in [0.3, 0.4) is 0 Å². The summed E-state index contributed by atoms with van der Waals surface area (Å²) in [5.74, 6) is 0.835. The molecule has 0 atom stereocenters. The van der Waals surface area contributed by atoms with E-state index in [2.05, 4.69) is 0 Å². The largest absolute Gasteiger partial charge is 0.497 e. The quantitative estimate of drug-likeness (QED) is 0.506. The third-order valence-electron chi connectivity index (χ3n) is 3.67. The Morgan fingerprint density at radius 2 is 1.81 bits per heavy atom. The summed E-state index contributed by atoms with van der Waals surface area (Å²) in [6.07, 6.45) is 1.23. The molecule has 1 aromatic heterocycles. The Balaban J connectivity index is 1.91. The number of ether oxygens (including phenoxy) is 3. The van der Waals surface area contributed by atoms with Gasteiger partial charge in [-0.3, -0.25) is 9.59 Å². The van der Waals surface area contributed by atoms with Gasteiger partial charge in [-0.15, -0.1) is 0 Å². The molecule has 0 fully saturated rings. The van der Waals surface area contributed by atoms with E-state index in [-0.39, 0.29) is 23.1 Å². The molecule has 2 aromatic carbocycles. The molecule has 0 spiro atoms. The zero-order chi connectivity index (χ0) is 18.7. The van der Waals surface area contributed by atoms with Crippen LogP contribution in [0.5, 0.6) is 23.0 Å². The first-order chi connectivity index (χ1) is 12.5. The van der Waals surface area contributed by atoms with Crippen LogP contribution in [-0.4, -0.2) is 13.1 Å². The van der Waals surface area contributed by atoms with Gasteiger partial charge in [-0.25, -0.2) is 0 Å². The highest BCUT2D eigenvalue weighted by atomic mass is 16.5. The zero-order valence-corrected chi connectivity index (χ0v) is 14.6.